The van der Waals surface area contributed by atoms with Crippen molar-refractivity contribution in [1.29, 1.82) is 0 Å². The molecule has 0 aromatic rings. The summed E-state index contributed by atoms with van der Waals surface area (Å²) in [6, 6.07) is 0. The summed E-state index contributed by atoms with van der Waals surface area (Å²) in [6.07, 6.45) is 8.57. The molecule has 0 aliphatic heterocycles. The van der Waals surface area contributed by atoms with Crippen molar-refractivity contribution in [2.75, 3.05) is 0 Å². The lowest BCUT2D eigenvalue weighted by molar-refractivity contribution is -0.126. The van der Waals surface area contributed by atoms with Crippen LogP contribution < -0.4 is 0 Å². The number of fused-ring (bicyclic) bond motifs is 1. The van der Waals surface area contributed by atoms with E-state index >= 15 is 0 Å². The molecule has 0 aromatic carbocycles. The van der Waals surface area contributed by atoms with E-state index in [2.05, 4.69) is 13.8 Å². The molecule has 0 bridgehead atoms. The average molecular weight is 204 g/mol. The Labute approximate surface area is 91.9 Å². The number of carbonyl (C=O) groups is 1. The summed E-state index contributed by atoms with van der Waals surface area (Å²) >= 11 is 0. The SMILES string of the molecule is CC1(C)CC2=C(C1)C[C@]1(C=O)CC[C@@H]1C2. The third kappa shape index (κ3) is 1.25. The van der Waals surface area contributed by atoms with Crippen LogP contribution in [-0.4, -0.2) is 6.29 Å². The predicted octanol–water partition coefficient (Wildman–Crippen LogP) is 3.49. The monoisotopic (exact) mass is 204 g/mol. The minimum Gasteiger partial charge on any atom is -0.303 e. The van der Waals surface area contributed by atoms with Crippen molar-refractivity contribution >= 4 is 6.29 Å². The third-order valence-corrected chi connectivity index (χ3v) is 4.93. The summed E-state index contributed by atoms with van der Waals surface area (Å²) in [5, 5.41) is 0. The molecule has 3 rings (SSSR count). The maximum atomic E-state index is 11.3. The van der Waals surface area contributed by atoms with E-state index in [4.69, 9.17) is 0 Å². The Bertz CT molecular complexity index is 350. The van der Waals surface area contributed by atoms with Gasteiger partial charge in [0.15, 0.2) is 0 Å². The molecule has 82 valence electrons. The van der Waals surface area contributed by atoms with Crippen molar-refractivity contribution in [2.45, 2.75) is 52.4 Å². The van der Waals surface area contributed by atoms with E-state index in [9.17, 15) is 4.79 Å². The fourth-order valence-electron chi connectivity index (χ4n) is 4.02. The van der Waals surface area contributed by atoms with Gasteiger partial charge in [0.1, 0.15) is 6.29 Å². The molecule has 0 radical (unpaired) electrons. The highest BCUT2D eigenvalue weighted by Gasteiger charge is 2.51. The van der Waals surface area contributed by atoms with Gasteiger partial charge in [0.25, 0.3) is 0 Å². The molecule has 0 amide bonds. The summed E-state index contributed by atoms with van der Waals surface area (Å²) in [6.45, 7) is 4.72. The molecule has 0 N–H and O–H groups in total. The maximum Gasteiger partial charge on any atom is 0.126 e. The lowest BCUT2D eigenvalue weighted by Crippen LogP contribution is -2.44. The molecule has 0 spiro atoms. The first-order valence-corrected chi connectivity index (χ1v) is 6.21. The molecular formula is C14H20O. The van der Waals surface area contributed by atoms with E-state index in [1.165, 1.54) is 32.0 Å². The first kappa shape index (κ1) is 9.62. The van der Waals surface area contributed by atoms with E-state index in [1.807, 2.05) is 0 Å². The molecule has 0 heterocycles. The van der Waals surface area contributed by atoms with Gasteiger partial charge in [-0.1, -0.05) is 25.0 Å². The molecule has 1 heteroatoms. The van der Waals surface area contributed by atoms with Gasteiger partial charge < -0.3 is 4.79 Å². The standard InChI is InChI=1S/C14H20O/c1-13(2)6-10-5-12-3-4-14(12,9-15)8-11(10)7-13/h9,12H,3-8H2,1-2H3/t12-,14+/m1/s1. The Morgan fingerprint density at radius 1 is 1.20 bits per heavy atom. The highest BCUT2D eigenvalue weighted by atomic mass is 16.1. The number of carbonyl (C=O) groups excluding carboxylic acids is 1. The van der Waals surface area contributed by atoms with Gasteiger partial charge in [0.05, 0.1) is 0 Å². The Hall–Kier alpha value is -0.590. The number of hydrogen-bond acceptors (Lipinski definition) is 1. The van der Waals surface area contributed by atoms with Crippen molar-refractivity contribution in [3.8, 4) is 0 Å². The summed E-state index contributed by atoms with van der Waals surface area (Å²) in [5.41, 5.74) is 3.91. The summed E-state index contributed by atoms with van der Waals surface area (Å²) in [7, 11) is 0. The van der Waals surface area contributed by atoms with Crippen molar-refractivity contribution in [2.24, 2.45) is 16.7 Å². The molecule has 3 aliphatic carbocycles. The van der Waals surface area contributed by atoms with Gasteiger partial charge in [-0.25, -0.2) is 0 Å². The topological polar surface area (TPSA) is 17.1 Å². The van der Waals surface area contributed by atoms with E-state index in [-0.39, 0.29) is 5.41 Å². The molecule has 15 heavy (non-hydrogen) atoms. The van der Waals surface area contributed by atoms with Crippen LogP contribution in [0.25, 0.3) is 0 Å². The fourth-order valence-corrected chi connectivity index (χ4v) is 4.02. The van der Waals surface area contributed by atoms with Crippen LogP contribution in [0.15, 0.2) is 11.1 Å². The fraction of sp³-hybridized carbons (Fsp3) is 0.786. The maximum absolute atomic E-state index is 11.3. The Morgan fingerprint density at radius 2 is 1.93 bits per heavy atom. The van der Waals surface area contributed by atoms with Gasteiger partial charge in [0.2, 0.25) is 0 Å². The van der Waals surface area contributed by atoms with Crippen LogP contribution in [-0.2, 0) is 4.79 Å². The molecule has 1 fully saturated rings. The Morgan fingerprint density at radius 3 is 2.53 bits per heavy atom. The second kappa shape index (κ2) is 2.75. The molecule has 1 saturated carbocycles. The van der Waals surface area contributed by atoms with Gasteiger partial charge in [-0.3, -0.25) is 0 Å². The van der Waals surface area contributed by atoms with Gasteiger partial charge in [-0.2, -0.15) is 0 Å². The second-order valence-corrected chi connectivity index (χ2v) is 6.69. The van der Waals surface area contributed by atoms with E-state index in [0.717, 1.165) is 12.8 Å². The zero-order chi connectivity index (χ0) is 10.7. The Balaban J connectivity index is 1.89. The zero-order valence-electron chi connectivity index (χ0n) is 9.81. The molecule has 3 aliphatic rings. The van der Waals surface area contributed by atoms with Crippen LogP contribution in [0, 0.1) is 16.7 Å². The second-order valence-electron chi connectivity index (χ2n) is 6.69. The number of allylic oxidation sites excluding steroid dienone is 2. The van der Waals surface area contributed by atoms with Gasteiger partial charge in [-0.05, 0) is 49.9 Å². The first-order valence-electron chi connectivity index (χ1n) is 6.21. The lowest BCUT2D eigenvalue weighted by Gasteiger charge is -2.49. The van der Waals surface area contributed by atoms with Gasteiger partial charge in [-0.15, -0.1) is 0 Å². The average Bonchev–Trinajstić information content (AvgIpc) is 2.43. The number of aldehydes is 1. The summed E-state index contributed by atoms with van der Waals surface area (Å²) in [5.74, 6) is 0.697. The van der Waals surface area contributed by atoms with Crippen molar-refractivity contribution in [1.82, 2.24) is 0 Å². The smallest absolute Gasteiger partial charge is 0.126 e. The third-order valence-electron chi connectivity index (χ3n) is 4.93. The predicted molar refractivity (Wildman–Crippen MR) is 60.5 cm³/mol. The summed E-state index contributed by atoms with van der Waals surface area (Å²) < 4.78 is 0. The van der Waals surface area contributed by atoms with Crippen molar-refractivity contribution in [3.05, 3.63) is 11.1 Å². The molecule has 0 unspecified atom stereocenters. The molecular weight excluding hydrogens is 184 g/mol. The van der Waals surface area contributed by atoms with Crippen LogP contribution >= 0.6 is 0 Å². The normalized spacial score (nSPS) is 41.9. The minimum absolute atomic E-state index is 0.0826. The lowest BCUT2D eigenvalue weighted by atomic mass is 9.54. The van der Waals surface area contributed by atoms with Crippen LogP contribution in [0.4, 0.5) is 0 Å². The molecule has 1 nitrogen and oxygen atoms in total. The zero-order valence-corrected chi connectivity index (χ0v) is 9.81. The van der Waals surface area contributed by atoms with Crippen LogP contribution in [0.1, 0.15) is 52.4 Å². The van der Waals surface area contributed by atoms with Crippen LogP contribution in [0.5, 0.6) is 0 Å². The largest absolute Gasteiger partial charge is 0.303 e. The Kier molecular flexibility index (Phi) is 1.76. The van der Waals surface area contributed by atoms with E-state index in [1.54, 1.807) is 11.1 Å². The minimum atomic E-state index is 0.0826. The molecule has 2 atom stereocenters. The molecule has 0 saturated heterocycles. The van der Waals surface area contributed by atoms with Crippen molar-refractivity contribution < 1.29 is 4.79 Å². The van der Waals surface area contributed by atoms with Crippen LogP contribution in [0.2, 0.25) is 0 Å². The highest BCUT2D eigenvalue weighted by molar-refractivity contribution is 5.64. The quantitative estimate of drug-likeness (QED) is 0.472. The van der Waals surface area contributed by atoms with Crippen molar-refractivity contribution in [3.63, 3.8) is 0 Å². The first-order chi connectivity index (χ1) is 7.05. The van der Waals surface area contributed by atoms with Gasteiger partial charge in [0, 0.05) is 5.41 Å². The van der Waals surface area contributed by atoms with Crippen LogP contribution in [0.3, 0.4) is 0 Å². The molecule has 0 aromatic heterocycles. The number of hydrogen-bond donors (Lipinski definition) is 0. The summed E-state index contributed by atoms with van der Waals surface area (Å²) in [4.78, 5) is 11.3. The van der Waals surface area contributed by atoms with E-state index < -0.39 is 0 Å². The highest BCUT2D eigenvalue weighted by Crippen LogP contribution is 2.60. The van der Waals surface area contributed by atoms with E-state index in [0.29, 0.717) is 11.3 Å². The van der Waals surface area contributed by atoms with Gasteiger partial charge >= 0.3 is 0 Å². The number of rotatable bonds is 1.